The molecule has 0 radical (unpaired) electrons. The second kappa shape index (κ2) is 8.32. The van der Waals surface area contributed by atoms with Crippen LogP contribution in [-0.4, -0.2) is 36.7 Å². The van der Waals surface area contributed by atoms with Gasteiger partial charge in [-0.2, -0.15) is 0 Å². The first kappa shape index (κ1) is 18.9. The first-order chi connectivity index (χ1) is 14.1. The molecule has 1 aliphatic rings. The molecule has 148 valence electrons. The molecule has 7 nitrogen and oxygen atoms in total. The number of amides is 1. The van der Waals surface area contributed by atoms with Crippen LogP contribution < -0.4 is 14.8 Å². The van der Waals surface area contributed by atoms with Crippen LogP contribution in [-0.2, 0) is 9.53 Å². The van der Waals surface area contributed by atoms with Crippen molar-refractivity contribution in [2.75, 3.05) is 25.1 Å². The predicted octanol–water partition coefficient (Wildman–Crippen LogP) is 3.69. The van der Waals surface area contributed by atoms with Crippen molar-refractivity contribution in [2.45, 2.75) is 6.92 Å². The highest BCUT2D eigenvalue weighted by Gasteiger charge is 2.19. The van der Waals surface area contributed by atoms with Crippen molar-refractivity contribution in [1.29, 1.82) is 0 Å². The van der Waals surface area contributed by atoms with Crippen LogP contribution in [0.2, 0.25) is 0 Å². The van der Waals surface area contributed by atoms with E-state index in [2.05, 4.69) is 10.3 Å². The van der Waals surface area contributed by atoms with Gasteiger partial charge in [-0.15, -0.1) is 11.3 Å². The number of hydrogen-bond donors (Lipinski definition) is 1. The number of nitrogens with one attached hydrogen (secondary N) is 1. The number of esters is 1. The highest BCUT2D eigenvalue weighted by Crippen LogP contribution is 2.32. The fraction of sp³-hybridized carbons (Fsp3) is 0.190. The summed E-state index contributed by atoms with van der Waals surface area (Å²) in [4.78, 5) is 29.4. The molecule has 1 amide bonds. The lowest BCUT2D eigenvalue weighted by Gasteiger charge is -2.19. The van der Waals surface area contributed by atoms with Crippen molar-refractivity contribution in [3.8, 4) is 22.1 Å². The number of ether oxygens (including phenoxy) is 3. The Bertz CT molecular complexity index is 1050. The molecule has 0 unspecified atom stereocenters. The minimum Gasteiger partial charge on any atom is -0.486 e. The van der Waals surface area contributed by atoms with Crippen LogP contribution in [0, 0.1) is 6.92 Å². The third-order valence-electron chi connectivity index (χ3n) is 4.16. The molecular formula is C21H18N2O5S. The summed E-state index contributed by atoms with van der Waals surface area (Å²) in [6.45, 7) is 2.30. The van der Waals surface area contributed by atoms with Crippen molar-refractivity contribution < 1.29 is 23.8 Å². The van der Waals surface area contributed by atoms with Gasteiger partial charge in [-0.25, -0.2) is 9.78 Å². The lowest BCUT2D eigenvalue weighted by atomic mass is 10.2. The second-order valence-electron chi connectivity index (χ2n) is 6.28. The fourth-order valence-electron chi connectivity index (χ4n) is 2.80. The van der Waals surface area contributed by atoms with E-state index in [-0.39, 0.29) is 0 Å². The largest absolute Gasteiger partial charge is 0.486 e. The summed E-state index contributed by atoms with van der Waals surface area (Å²) in [5.74, 6) is 0.190. The van der Waals surface area contributed by atoms with E-state index in [1.165, 1.54) is 11.3 Å². The Balaban J connectivity index is 1.36. The Morgan fingerprint density at radius 2 is 1.86 bits per heavy atom. The average molecular weight is 410 g/mol. The minimum atomic E-state index is -0.570. The summed E-state index contributed by atoms with van der Waals surface area (Å²) in [7, 11) is 0. The Kier molecular flexibility index (Phi) is 5.44. The van der Waals surface area contributed by atoms with Gasteiger partial charge in [-0.05, 0) is 19.1 Å². The lowest BCUT2D eigenvalue weighted by Crippen LogP contribution is -2.21. The number of nitrogens with zero attached hydrogens (tertiary/aromatic N) is 1. The molecule has 3 aromatic rings. The first-order valence-corrected chi connectivity index (χ1v) is 9.81. The number of rotatable bonds is 5. The van der Waals surface area contributed by atoms with Crippen molar-refractivity contribution in [1.82, 2.24) is 4.98 Å². The van der Waals surface area contributed by atoms with Gasteiger partial charge < -0.3 is 19.5 Å². The van der Waals surface area contributed by atoms with E-state index in [1.54, 1.807) is 25.1 Å². The maximum Gasteiger partial charge on any atom is 0.350 e. The molecular weight excluding hydrogens is 392 g/mol. The van der Waals surface area contributed by atoms with Gasteiger partial charge in [-0.3, -0.25) is 4.79 Å². The Morgan fingerprint density at radius 3 is 2.66 bits per heavy atom. The Labute approximate surface area is 171 Å². The van der Waals surface area contributed by atoms with Gasteiger partial charge in [0.2, 0.25) is 0 Å². The normalized spacial score (nSPS) is 12.3. The SMILES string of the molecule is Cc1nc(-c2ccccc2)sc1C(=O)OCC(=O)Nc1ccc2c(c1)OCCO2. The van der Waals surface area contributed by atoms with Crippen LogP contribution in [0.15, 0.2) is 48.5 Å². The molecule has 0 bridgehead atoms. The van der Waals surface area contributed by atoms with Gasteiger partial charge >= 0.3 is 5.97 Å². The van der Waals surface area contributed by atoms with Gasteiger partial charge in [0.1, 0.15) is 23.1 Å². The van der Waals surface area contributed by atoms with Crippen molar-refractivity contribution in [3.05, 3.63) is 59.1 Å². The highest BCUT2D eigenvalue weighted by atomic mass is 32.1. The maximum absolute atomic E-state index is 12.4. The molecule has 0 aliphatic carbocycles. The quantitative estimate of drug-likeness (QED) is 0.646. The number of aryl methyl sites for hydroxylation is 1. The number of carbonyl (C=O) groups is 2. The van der Waals surface area contributed by atoms with Crippen LogP contribution in [0.5, 0.6) is 11.5 Å². The summed E-state index contributed by atoms with van der Waals surface area (Å²) in [6, 6.07) is 14.7. The highest BCUT2D eigenvalue weighted by molar-refractivity contribution is 7.17. The average Bonchev–Trinajstić information content (AvgIpc) is 3.14. The number of thiazole rings is 1. The molecule has 1 aromatic heterocycles. The predicted molar refractivity (Wildman–Crippen MR) is 109 cm³/mol. The summed E-state index contributed by atoms with van der Waals surface area (Å²) >= 11 is 1.24. The summed E-state index contributed by atoms with van der Waals surface area (Å²) in [5.41, 5.74) is 2.04. The molecule has 0 spiro atoms. The van der Waals surface area contributed by atoms with Crippen LogP contribution in [0.4, 0.5) is 5.69 Å². The lowest BCUT2D eigenvalue weighted by molar-refractivity contribution is -0.119. The van der Waals surface area contributed by atoms with Crippen LogP contribution in [0.25, 0.3) is 10.6 Å². The number of benzene rings is 2. The van der Waals surface area contributed by atoms with E-state index in [0.29, 0.717) is 41.0 Å². The zero-order valence-corrected chi connectivity index (χ0v) is 16.5. The summed E-state index contributed by atoms with van der Waals surface area (Å²) in [5, 5.41) is 3.41. The van der Waals surface area contributed by atoms with Gasteiger partial charge in [0, 0.05) is 17.3 Å². The van der Waals surface area contributed by atoms with E-state index in [0.717, 1.165) is 10.6 Å². The molecule has 29 heavy (non-hydrogen) atoms. The van der Waals surface area contributed by atoms with Gasteiger partial charge in [0.25, 0.3) is 5.91 Å². The number of aromatic nitrogens is 1. The van der Waals surface area contributed by atoms with Crippen LogP contribution >= 0.6 is 11.3 Å². The number of carbonyl (C=O) groups excluding carboxylic acids is 2. The Morgan fingerprint density at radius 1 is 1.10 bits per heavy atom. The van der Waals surface area contributed by atoms with Crippen LogP contribution in [0.3, 0.4) is 0 Å². The third-order valence-corrected chi connectivity index (χ3v) is 5.35. The second-order valence-corrected chi connectivity index (χ2v) is 7.28. The summed E-state index contributed by atoms with van der Waals surface area (Å²) in [6.07, 6.45) is 0. The van der Waals surface area contributed by atoms with Crippen molar-refractivity contribution >= 4 is 28.9 Å². The van der Waals surface area contributed by atoms with Crippen molar-refractivity contribution in [2.24, 2.45) is 0 Å². The smallest absolute Gasteiger partial charge is 0.350 e. The zero-order valence-electron chi connectivity index (χ0n) is 15.6. The molecule has 1 aliphatic heterocycles. The van der Waals surface area contributed by atoms with Gasteiger partial charge in [-0.1, -0.05) is 30.3 Å². The fourth-order valence-corrected chi connectivity index (χ4v) is 3.77. The maximum atomic E-state index is 12.4. The number of anilines is 1. The molecule has 4 rings (SSSR count). The molecule has 0 saturated carbocycles. The first-order valence-electron chi connectivity index (χ1n) is 8.99. The Hall–Kier alpha value is -3.39. The molecule has 0 saturated heterocycles. The molecule has 1 N–H and O–H groups in total. The van der Waals surface area contributed by atoms with E-state index in [4.69, 9.17) is 14.2 Å². The number of fused-ring (bicyclic) bond motifs is 1. The van der Waals surface area contributed by atoms with Crippen LogP contribution in [0.1, 0.15) is 15.4 Å². The standard InChI is InChI=1S/C21H18N2O5S/c1-13-19(29-20(22-13)14-5-3-2-4-6-14)21(25)28-12-18(24)23-15-7-8-16-17(11-15)27-10-9-26-16/h2-8,11H,9-10,12H2,1H3,(H,23,24). The van der Waals surface area contributed by atoms with Crippen molar-refractivity contribution in [3.63, 3.8) is 0 Å². The molecule has 8 heteroatoms. The zero-order chi connectivity index (χ0) is 20.2. The van der Waals surface area contributed by atoms with E-state index in [9.17, 15) is 9.59 Å². The van der Waals surface area contributed by atoms with E-state index >= 15 is 0 Å². The topological polar surface area (TPSA) is 86.8 Å². The third kappa shape index (κ3) is 4.38. The van der Waals surface area contributed by atoms with E-state index in [1.807, 2.05) is 30.3 Å². The molecule has 0 atom stereocenters. The van der Waals surface area contributed by atoms with E-state index < -0.39 is 18.5 Å². The molecule has 0 fully saturated rings. The van der Waals surface area contributed by atoms with Gasteiger partial charge in [0.15, 0.2) is 18.1 Å². The summed E-state index contributed by atoms with van der Waals surface area (Å²) < 4.78 is 16.1. The number of hydrogen-bond acceptors (Lipinski definition) is 7. The molecule has 2 heterocycles. The minimum absolute atomic E-state index is 0.385. The monoisotopic (exact) mass is 410 g/mol. The molecule has 2 aromatic carbocycles. The van der Waals surface area contributed by atoms with Gasteiger partial charge in [0.05, 0.1) is 5.69 Å².